The molecule has 0 bridgehead atoms. The van der Waals surface area contributed by atoms with Crippen LogP contribution in [0.2, 0.25) is 0 Å². The van der Waals surface area contributed by atoms with E-state index in [0.717, 1.165) is 20.9 Å². The lowest BCUT2D eigenvalue weighted by Crippen LogP contribution is -2.00. The van der Waals surface area contributed by atoms with Gasteiger partial charge in [-0.2, -0.15) is 0 Å². The van der Waals surface area contributed by atoms with Crippen molar-refractivity contribution in [1.82, 2.24) is 4.98 Å². The third-order valence-corrected chi connectivity index (χ3v) is 3.75. The van der Waals surface area contributed by atoms with Gasteiger partial charge in [0.15, 0.2) is 5.13 Å². The Morgan fingerprint density at radius 3 is 3.00 bits per heavy atom. The second kappa shape index (κ2) is 4.93. The van der Waals surface area contributed by atoms with Gasteiger partial charge in [-0.05, 0) is 30.7 Å². The first-order valence-corrected chi connectivity index (χ1v) is 6.42. The van der Waals surface area contributed by atoms with E-state index in [-0.39, 0.29) is 5.82 Å². The molecule has 5 heteroatoms. The SMILES string of the molecule is Cc1csc(NCc2cc(F)ccc2Br)n1. The van der Waals surface area contributed by atoms with Crippen LogP contribution in [0.1, 0.15) is 11.3 Å². The molecule has 2 nitrogen and oxygen atoms in total. The van der Waals surface area contributed by atoms with Crippen LogP contribution >= 0.6 is 27.3 Å². The van der Waals surface area contributed by atoms with E-state index in [1.807, 2.05) is 12.3 Å². The van der Waals surface area contributed by atoms with Gasteiger partial charge in [0.05, 0.1) is 5.69 Å². The lowest BCUT2D eigenvalue weighted by Gasteiger charge is -2.05. The average molecular weight is 301 g/mol. The molecule has 0 saturated carbocycles. The number of nitrogens with zero attached hydrogens (tertiary/aromatic N) is 1. The number of thiazole rings is 1. The Morgan fingerprint density at radius 1 is 1.50 bits per heavy atom. The lowest BCUT2D eigenvalue weighted by molar-refractivity contribution is 0.625. The Morgan fingerprint density at radius 2 is 2.31 bits per heavy atom. The maximum atomic E-state index is 13.0. The van der Waals surface area contributed by atoms with Crippen LogP contribution in [-0.4, -0.2) is 4.98 Å². The molecule has 1 aromatic carbocycles. The van der Waals surface area contributed by atoms with Gasteiger partial charge in [-0.3, -0.25) is 0 Å². The molecule has 2 aromatic rings. The summed E-state index contributed by atoms with van der Waals surface area (Å²) in [6.07, 6.45) is 0. The molecule has 1 N–H and O–H groups in total. The number of halogens is 2. The maximum Gasteiger partial charge on any atom is 0.183 e. The third kappa shape index (κ3) is 2.80. The van der Waals surface area contributed by atoms with Gasteiger partial charge in [-0.25, -0.2) is 9.37 Å². The highest BCUT2D eigenvalue weighted by atomic mass is 79.9. The van der Waals surface area contributed by atoms with Gasteiger partial charge in [0.1, 0.15) is 5.82 Å². The standard InChI is InChI=1S/C11H10BrFN2S/c1-7-6-16-11(15-7)14-5-8-4-9(13)2-3-10(8)12/h2-4,6H,5H2,1H3,(H,14,15). The molecule has 0 unspecified atom stereocenters. The molecule has 84 valence electrons. The summed E-state index contributed by atoms with van der Waals surface area (Å²) in [7, 11) is 0. The van der Waals surface area contributed by atoms with Gasteiger partial charge in [0.2, 0.25) is 0 Å². The zero-order valence-electron chi connectivity index (χ0n) is 8.63. The van der Waals surface area contributed by atoms with Crippen LogP contribution in [0.3, 0.4) is 0 Å². The molecule has 0 aliphatic carbocycles. The average Bonchev–Trinajstić information content (AvgIpc) is 2.66. The molecule has 0 spiro atoms. The molecule has 0 aliphatic rings. The Labute approximate surface area is 106 Å². The predicted molar refractivity (Wildman–Crippen MR) is 68.3 cm³/mol. The quantitative estimate of drug-likeness (QED) is 0.928. The Balaban J connectivity index is 2.07. The van der Waals surface area contributed by atoms with E-state index in [1.165, 1.54) is 12.1 Å². The summed E-state index contributed by atoms with van der Waals surface area (Å²) in [6, 6.07) is 4.65. The Bertz CT molecular complexity index is 498. The predicted octanol–water partition coefficient (Wildman–Crippen LogP) is 3.97. The minimum absolute atomic E-state index is 0.227. The van der Waals surface area contributed by atoms with Crippen LogP contribution in [0.5, 0.6) is 0 Å². The first-order chi connectivity index (χ1) is 7.65. The van der Waals surface area contributed by atoms with Crippen molar-refractivity contribution in [3.63, 3.8) is 0 Å². The molecule has 0 fully saturated rings. The zero-order chi connectivity index (χ0) is 11.5. The smallest absolute Gasteiger partial charge is 0.183 e. The summed E-state index contributed by atoms with van der Waals surface area (Å²) in [6.45, 7) is 2.51. The first-order valence-electron chi connectivity index (χ1n) is 4.75. The molecule has 1 heterocycles. The van der Waals surface area contributed by atoms with Crippen molar-refractivity contribution >= 4 is 32.4 Å². The van der Waals surface area contributed by atoms with Crippen LogP contribution in [-0.2, 0) is 6.54 Å². The van der Waals surface area contributed by atoms with Crippen LogP contribution < -0.4 is 5.32 Å². The second-order valence-electron chi connectivity index (χ2n) is 3.38. The summed E-state index contributed by atoms with van der Waals surface area (Å²) in [5.74, 6) is -0.227. The summed E-state index contributed by atoms with van der Waals surface area (Å²) in [5.41, 5.74) is 1.87. The van der Waals surface area contributed by atoms with Crippen molar-refractivity contribution in [2.45, 2.75) is 13.5 Å². The van der Waals surface area contributed by atoms with E-state index in [4.69, 9.17) is 0 Å². The number of hydrogen-bond donors (Lipinski definition) is 1. The van der Waals surface area contributed by atoms with Crippen LogP contribution in [0, 0.1) is 12.7 Å². The minimum atomic E-state index is -0.227. The molecule has 0 saturated heterocycles. The molecule has 1 aromatic heterocycles. The highest BCUT2D eigenvalue weighted by Crippen LogP contribution is 2.20. The van der Waals surface area contributed by atoms with Crippen molar-refractivity contribution in [2.24, 2.45) is 0 Å². The summed E-state index contributed by atoms with van der Waals surface area (Å²) in [5, 5.41) is 5.99. The van der Waals surface area contributed by atoms with Crippen molar-refractivity contribution < 1.29 is 4.39 Å². The number of aromatic nitrogens is 1. The highest BCUT2D eigenvalue weighted by molar-refractivity contribution is 9.10. The summed E-state index contributed by atoms with van der Waals surface area (Å²) < 4.78 is 13.9. The Kier molecular flexibility index (Phi) is 3.56. The number of benzene rings is 1. The topological polar surface area (TPSA) is 24.9 Å². The fourth-order valence-corrected chi connectivity index (χ4v) is 2.36. The number of aryl methyl sites for hydroxylation is 1. The second-order valence-corrected chi connectivity index (χ2v) is 5.10. The van der Waals surface area contributed by atoms with Gasteiger partial charge in [0, 0.05) is 16.4 Å². The lowest BCUT2D eigenvalue weighted by atomic mass is 10.2. The molecule has 16 heavy (non-hydrogen) atoms. The maximum absolute atomic E-state index is 13.0. The first kappa shape index (κ1) is 11.5. The van der Waals surface area contributed by atoms with Crippen LogP contribution in [0.4, 0.5) is 9.52 Å². The number of hydrogen-bond acceptors (Lipinski definition) is 3. The molecule has 0 amide bonds. The van der Waals surface area contributed by atoms with Gasteiger partial charge in [-0.15, -0.1) is 11.3 Å². The van der Waals surface area contributed by atoms with E-state index in [9.17, 15) is 4.39 Å². The molecule has 0 radical (unpaired) electrons. The van der Waals surface area contributed by atoms with E-state index in [0.29, 0.717) is 6.54 Å². The molecule has 0 atom stereocenters. The zero-order valence-corrected chi connectivity index (χ0v) is 11.0. The largest absolute Gasteiger partial charge is 0.357 e. The number of rotatable bonds is 3. The molecular formula is C11H10BrFN2S. The molecular weight excluding hydrogens is 291 g/mol. The van der Waals surface area contributed by atoms with Gasteiger partial charge in [0.25, 0.3) is 0 Å². The normalized spacial score (nSPS) is 10.4. The number of nitrogens with one attached hydrogen (secondary N) is 1. The van der Waals surface area contributed by atoms with Crippen LogP contribution in [0.15, 0.2) is 28.1 Å². The fraction of sp³-hybridized carbons (Fsp3) is 0.182. The van der Waals surface area contributed by atoms with E-state index < -0.39 is 0 Å². The van der Waals surface area contributed by atoms with Crippen molar-refractivity contribution in [3.8, 4) is 0 Å². The molecule has 0 aliphatic heterocycles. The van der Waals surface area contributed by atoms with E-state index >= 15 is 0 Å². The highest BCUT2D eigenvalue weighted by Gasteiger charge is 2.03. The summed E-state index contributed by atoms with van der Waals surface area (Å²) in [4.78, 5) is 4.28. The van der Waals surface area contributed by atoms with E-state index in [2.05, 4.69) is 26.2 Å². The van der Waals surface area contributed by atoms with E-state index in [1.54, 1.807) is 17.4 Å². The monoisotopic (exact) mass is 300 g/mol. The fourth-order valence-electron chi connectivity index (χ4n) is 1.28. The number of anilines is 1. The third-order valence-electron chi connectivity index (χ3n) is 2.06. The van der Waals surface area contributed by atoms with Crippen molar-refractivity contribution in [2.75, 3.05) is 5.32 Å². The van der Waals surface area contributed by atoms with Crippen molar-refractivity contribution in [1.29, 1.82) is 0 Å². The van der Waals surface area contributed by atoms with Crippen molar-refractivity contribution in [3.05, 3.63) is 45.1 Å². The van der Waals surface area contributed by atoms with Gasteiger partial charge < -0.3 is 5.32 Å². The van der Waals surface area contributed by atoms with Gasteiger partial charge in [-0.1, -0.05) is 15.9 Å². The molecule has 2 rings (SSSR count). The summed E-state index contributed by atoms with van der Waals surface area (Å²) >= 11 is 4.93. The van der Waals surface area contributed by atoms with Gasteiger partial charge >= 0.3 is 0 Å². The minimum Gasteiger partial charge on any atom is -0.357 e. The van der Waals surface area contributed by atoms with Crippen LogP contribution in [0.25, 0.3) is 0 Å². The Hall–Kier alpha value is -0.940.